The van der Waals surface area contributed by atoms with Crippen molar-refractivity contribution in [1.29, 1.82) is 0 Å². The van der Waals surface area contributed by atoms with Crippen LogP contribution < -0.4 is 16.4 Å². The first-order chi connectivity index (χ1) is 16.4. The maximum Gasteiger partial charge on any atom is 0.407 e. The summed E-state index contributed by atoms with van der Waals surface area (Å²) in [5.74, 6) is 0.00510. The lowest BCUT2D eigenvalue weighted by molar-refractivity contribution is -0.156. The molecule has 0 saturated carbocycles. The van der Waals surface area contributed by atoms with E-state index in [4.69, 9.17) is 0 Å². The van der Waals surface area contributed by atoms with Crippen molar-refractivity contribution in [1.82, 2.24) is 35.8 Å². The molecule has 2 saturated heterocycles. The van der Waals surface area contributed by atoms with E-state index < -0.39 is 18.3 Å². The third kappa shape index (κ3) is 4.54. The van der Waals surface area contributed by atoms with Crippen LogP contribution in [0.5, 0.6) is 0 Å². The smallest absolute Gasteiger partial charge is 0.337 e. The molecule has 0 spiro atoms. The van der Waals surface area contributed by atoms with Crippen molar-refractivity contribution in [2.45, 2.75) is 37.1 Å². The minimum absolute atomic E-state index is 0.00510. The summed E-state index contributed by atoms with van der Waals surface area (Å²) < 4.78 is 41.9. The number of piperidine rings is 1. The molecule has 0 bridgehead atoms. The average molecular weight is 471 g/mol. The van der Waals surface area contributed by atoms with Crippen molar-refractivity contribution in [2.75, 3.05) is 13.1 Å². The molecule has 3 N–H and O–H groups in total. The molecule has 5 rings (SSSR count). The second-order valence-corrected chi connectivity index (χ2v) is 8.50. The normalized spacial score (nSPS) is 23.3. The Hall–Kier alpha value is -3.28. The summed E-state index contributed by atoms with van der Waals surface area (Å²) in [6, 6.07) is 9.67. The molecular formula is C23H24F3N7O. The number of benzene rings is 1. The Morgan fingerprint density at radius 3 is 2.68 bits per heavy atom. The molecule has 8 nitrogen and oxygen atoms in total. The van der Waals surface area contributed by atoms with Gasteiger partial charge in [0.1, 0.15) is 11.7 Å². The molecule has 178 valence electrons. The van der Waals surface area contributed by atoms with Crippen LogP contribution in [0.15, 0.2) is 61.2 Å². The number of nitrogens with zero attached hydrogens (tertiary/aromatic N) is 4. The van der Waals surface area contributed by atoms with Crippen LogP contribution in [0.1, 0.15) is 40.8 Å². The van der Waals surface area contributed by atoms with Crippen LogP contribution in [0.4, 0.5) is 13.2 Å². The molecule has 4 heterocycles. The number of hydrogen-bond acceptors (Lipinski definition) is 6. The van der Waals surface area contributed by atoms with Gasteiger partial charge < -0.3 is 9.47 Å². The van der Waals surface area contributed by atoms with E-state index >= 15 is 0 Å². The maximum absolute atomic E-state index is 13.3. The number of pyridine rings is 1. The first-order valence-corrected chi connectivity index (χ1v) is 11.1. The van der Waals surface area contributed by atoms with Crippen LogP contribution in [0.3, 0.4) is 0 Å². The van der Waals surface area contributed by atoms with E-state index in [-0.39, 0.29) is 11.9 Å². The summed E-state index contributed by atoms with van der Waals surface area (Å²) in [6.45, 7) is 1.26. The molecule has 0 radical (unpaired) electrons. The molecular weight excluding hydrogens is 447 g/mol. The number of aromatic nitrogens is 3. The number of carbonyl (C=O) groups is 1. The number of alkyl halides is 3. The zero-order valence-corrected chi connectivity index (χ0v) is 18.2. The zero-order valence-electron chi connectivity index (χ0n) is 18.2. The number of halogens is 3. The van der Waals surface area contributed by atoms with Gasteiger partial charge in [-0.1, -0.05) is 18.2 Å². The third-order valence-electron chi connectivity index (χ3n) is 6.27. The van der Waals surface area contributed by atoms with Crippen LogP contribution >= 0.6 is 0 Å². The molecule has 2 aliphatic rings. The summed E-state index contributed by atoms with van der Waals surface area (Å²) >= 11 is 0. The lowest BCUT2D eigenvalue weighted by Crippen LogP contribution is -2.43. The van der Waals surface area contributed by atoms with Crippen LogP contribution in [0.2, 0.25) is 0 Å². The van der Waals surface area contributed by atoms with E-state index in [1.807, 2.05) is 46.0 Å². The van der Waals surface area contributed by atoms with E-state index in [0.29, 0.717) is 35.6 Å². The number of rotatable bonds is 4. The molecule has 11 heteroatoms. The van der Waals surface area contributed by atoms with Gasteiger partial charge in [-0.05, 0) is 42.7 Å². The standard InChI is InChI=1S/C23H24F3N7O/c24-23(25,26)21-20(29-31-30-21)16-8-9-27-18(11-16)19-13-33(14-28-19)17-7-4-10-32(12-17)22(34)15-5-2-1-3-6-15/h1-3,5-6,8-9,11,13-14,17,20-21,29-31H,4,7,10,12H2/t17-,20?,21?/m0/s1. The topological polar surface area (TPSA) is 87.1 Å². The fraction of sp³-hybridized carbons (Fsp3) is 0.348. The molecule has 2 fully saturated rings. The van der Waals surface area contributed by atoms with Gasteiger partial charge in [0.25, 0.3) is 5.91 Å². The minimum atomic E-state index is -4.42. The summed E-state index contributed by atoms with van der Waals surface area (Å²) in [7, 11) is 0. The minimum Gasteiger partial charge on any atom is -0.337 e. The van der Waals surface area contributed by atoms with Gasteiger partial charge in [-0.25, -0.2) is 15.8 Å². The van der Waals surface area contributed by atoms with Gasteiger partial charge in [-0.2, -0.15) is 18.7 Å². The molecule has 1 aromatic carbocycles. The van der Waals surface area contributed by atoms with E-state index in [1.54, 1.807) is 18.5 Å². The molecule has 2 aromatic heterocycles. The number of likely N-dealkylation sites (tertiary alicyclic amines) is 1. The van der Waals surface area contributed by atoms with Crippen LogP contribution in [0.25, 0.3) is 11.4 Å². The number of hydrazine groups is 2. The molecule has 2 unspecified atom stereocenters. The van der Waals surface area contributed by atoms with Crippen molar-refractivity contribution in [3.8, 4) is 11.4 Å². The second kappa shape index (κ2) is 9.16. The van der Waals surface area contributed by atoms with Gasteiger partial charge >= 0.3 is 6.18 Å². The second-order valence-electron chi connectivity index (χ2n) is 8.50. The Kier molecular flexibility index (Phi) is 6.07. The van der Waals surface area contributed by atoms with E-state index in [2.05, 4.69) is 26.4 Å². The number of hydrogen-bond donors (Lipinski definition) is 3. The first kappa shape index (κ1) is 22.5. The summed E-state index contributed by atoms with van der Waals surface area (Å²) in [5.41, 5.74) is 9.36. The Morgan fingerprint density at radius 1 is 1.06 bits per heavy atom. The van der Waals surface area contributed by atoms with Gasteiger partial charge in [0.05, 0.1) is 24.1 Å². The monoisotopic (exact) mass is 471 g/mol. The number of imidazole rings is 1. The van der Waals surface area contributed by atoms with Gasteiger partial charge in [0, 0.05) is 31.0 Å². The van der Waals surface area contributed by atoms with Crippen molar-refractivity contribution in [3.63, 3.8) is 0 Å². The highest BCUT2D eigenvalue weighted by atomic mass is 19.4. The fourth-order valence-corrected chi connectivity index (χ4v) is 4.51. The van der Waals surface area contributed by atoms with Crippen LogP contribution in [-0.4, -0.2) is 50.6 Å². The Bertz CT molecular complexity index is 1150. The molecule has 1 amide bonds. The summed E-state index contributed by atoms with van der Waals surface area (Å²) in [5, 5.41) is 0. The van der Waals surface area contributed by atoms with Crippen LogP contribution in [-0.2, 0) is 0 Å². The quantitative estimate of drug-likeness (QED) is 0.543. The molecule has 3 aromatic rings. The SMILES string of the molecule is O=C(c1ccccc1)N1CCC[C@H](n2cnc(-c3cc(C4NNNC4C(F)(F)F)ccn3)c2)C1. The molecule has 34 heavy (non-hydrogen) atoms. The van der Waals surface area contributed by atoms with Crippen LogP contribution in [0, 0.1) is 0 Å². The Balaban J connectivity index is 1.32. The van der Waals surface area contributed by atoms with Crippen molar-refractivity contribution < 1.29 is 18.0 Å². The molecule has 0 aliphatic carbocycles. The largest absolute Gasteiger partial charge is 0.407 e. The van der Waals surface area contributed by atoms with Gasteiger partial charge in [-0.3, -0.25) is 9.78 Å². The van der Waals surface area contributed by atoms with Crippen molar-refractivity contribution in [2.24, 2.45) is 0 Å². The highest BCUT2D eigenvalue weighted by Crippen LogP contribution is 2.33. The predicted molar refractivity (Wildman–Crippen MR) is 118 cm³/mol. The van der Waals surface area contributed by atoms with Gasteiger partial charge in [-0.15, -0.1) is 0 Å². The van der Waals surface area contributed by atoms with Crippen molar-refractivity contribution >= 4 is 5.91 Å². The maximum atomic E-state index is 13.3. The van der Waals surface area contributed by atoms with Crippen molar-refractivity contribution in [3.05, 3.63) is 72.3 Å². The van der Waals surface area contributed by atoms with E-state index in [0.717, 1.165) is 12.8 Å². The third-order valence-corrected chi connectivity index (χ3v) is 6.27. The van der Waals surface area contributed by atoms with E-state index in [1.165, 1.54) is 6.20 Å². The lowest BCUT2D eigenvalue weighted by atomic mass is 10.0. The summed E-state index contributed by atoms with van der Waals surface area (Å²) in [6.07, 6.45) is 2.37. The lowest BCUT2D eigenvalue weighted by Gasteiger charge is -2.33. The number of carbonyl (C=O) groups excluding carboxylic acids is 1. The first-order valence-electron chi connectivity index (χ1n) is 11.1. The van der Waals surface area contributed by atoms with Gasteiger partial charge in [0.15, 0.2) is 0 Å². The highest BCUT2D eigenvalue weighted by molar-refractivity contribution is 5.94. The predicted octanol–water partition coefficient (Wildman–Crippen LogP) is 3.01. The van der Waals surface area contributed by atoms with E-state index in [9.17, 15) is 18.0 Å². The number of nitrogens with one attached hydrogen (secondary N) is 3. The fourth-order valence-electron chi connectivity index (χ4n) is 4.51. The summed E-state index contributed by atoms with van der Waals surface area (Å²) in [4.78, 5) is 23.5. The Labute approximate surface area is 194 Å². The average Bonchev–Trinajstić information content (AvgIpc) is 3.55. The van der Waals surface area contributed by atoms with Gasteiger partial charge in [0.2, 0.25) is 0 Å². The molecule has 3 atom stereocenters. The Morgan fingerprint density at radius 2 is 1.88 bits per heavy atom. The zero-order chi connectivity index (χ0) is 23.7. The number of amides is 1. The molecule has 2 aliphatic heterocycles. The highest BCUT2D eigenvalue weighted by Gasteiger charge is 2.48.